The molecule has 0 bridgehead atoms. The van der Waals surface area contributed by atoms with Crippen molar-refractivity contribution in [2.75, 3.05) is 78.5 Å². The van der Waals surface area contributed by atoms with Crippen LogP contribution in [0.25, 0.3) is 0 Å². The Morgan fingerprint density at radius 3 is 1.25 bits per heavy atom. The smallest absolute Gasteiger partial charge is 0.153 e. The Morgan fingerprint density at radius 2 is 0.794 bits per heavy atom. The van der Waals surface area contributed by atoms with Crippen molar-refractivity contribution < 1.29 is 23.0 Å². The zero-order valence-electron chi connectivity index (χ0n) is 38.0. The topological polar surface area (TPSA) is 111 Å². The van der Waals surface area contributed by atoms with Crippen LogP contribution in [0.5, 0.6) is 34.5 Å². The molecule has 0 unspecified atom stereocenters. The molecule has 0 amide bonds. The van der Waals surface area contributed by atoms with Crippen molar-refractivity contribution in [3.8, 4) is 34.5 Å². The number of ether oxygens (including phenoxy) is 3. The molecule has 348 valence electrons. The van der Waals surface area contributed by atoms with E-state index in [1.165, 1.54) is 29.8 Å². The Balaban J connectivity index is 0.000000119. The van der Waals surface area contributed by atoms with Gasteiger partial charge < -0.3 is 44.9 Å². The quantitative estimate of drug-likeness (QED) is 0.137. The lowest BCUT2D eigenvalue weighted by atomic mass is 10.1. The van der Waals surface area contributed by atoms with Gasteiger partial charge in [-0.15, -0.1) is 0 Å². The van der Waals surface area contributed by atoms with Crippen LogP contribution in [0.3, 0.4) is 0 Å². The number of nitrogens with zero attached hydrogens (tertiary/aromatic N) is 6. The molecule has 6 aliphatic rings. The Morgan fingerprint density at radius 1 is 0.426 bits per heavy atom. The van der Waals surface area contributed by atoms with Crippen LogP contribution in [0.4, 0.5) is 25.8 Å². The van der Waals surface area contributed by atoms with E-state index in [2.05, 4.69) is 43.6 Å². The minimum Gasteiger partial charge on any atom is -0.454 e. The second-order valence-electron chi connectivity index (χ2n) is 17.2. The standard InChI is InChI=1S/C18H18ClN3O.C18H18FN3O.C17H16FN3O/c2*1-12-2-4-17-15(10-12)21-18(22-8-6-20-7-9-22)14-11-13(19)3-5-16(14)23-17;18-12-5-6-15-13(11-12)17(21-9-7-19-8-10-21)20-14-3-1-2-4-16(14)22-15/h2*2-5,10-11,20H,6-9H2,1H3;1-6,11,19H,7-10H2. The number of benzene rings is 6. The number of rotatable bonds is 0. The fraction of sp³-hybridized carbons (Fsp3) is 0.264. The molecule has 15 heteroatoms. The minimum atomic E-state index is -0.281. The second-order valence-corrected chi connectivity index (χ2v) is 17.6. The lowest BCUT2D eigenvalue weighted by Crippen LogP contribution is -2.46. The molecule has 68 heavy (non-hydrogen) atoms. The zero-order valence-corrected chi connectivity index (χ0v) is 38.8. The summed E-state index contributed by atoms with van der Waals surface area (Å²) in [4.78, 5) is 21.2. The molecule has 0 atom stereocenters. The van der Waals surface area contributed by atoms with Crippen LogP contribution in [0, 0.1) is 25.5 Å². The van der Waals surface area contributed by atoms with Crippen molar-refractivity contribution in [3.05, 3.63) is 160 Å². The van der Waals surface area contributed by atoms with E-state index in [1.54, 1.807) is 12.1 Å². The molecule has 0 aliphatic carbocycles. The highest BCUT2D eigenvalue weighted by molar-refractivity contribution is 6.31. The van der Waals surface area contributed by atoms with Gasteiger partial charge in [0.25, 0.3) is 0 Å². The van der Waals surface area contributed by atoms with Crippen molar-refractivity contribution >= 4 is 46.2 Å². The highest BCUT2D eigenvalue weighted by Gasteiger charge is 2.27. The van der Waals surface area contributed by atoms with Gasteiger partial charge in [0.2, 0.25) is 0 Å². The van der Waals surface area contributed by atoms with Crippen LogP contribution < -0.4 is 30.2 Å². The molecule has 6 aliphatic heterocycles. The van der Waals surface area contributed by atoms with Gasteiger partial charge in [0.15, 0.2) is 17.2 Å². The first kappa shape index (κ1) is 45.0. The number of hydrogen-bond acceptors (Lipinski definition) is 12. The average Bonchev–Trinajstić information content (AvgIpc) is 3.71. The molecule has 0 spiro atoms. The van der Waals surface area contributed by atoms with Crippen LogP contribution >= 0.6 is 11.6 Å². The first-order valence-corrected chi connectivity index (χ1v) is 23.5. The van der Waals surface area contributed by atoms with Crippen molar-refractivity contribution in [2.24, 2.45) is 15.0 Å². The molecule has 6 aromatic rings. The summed E-state index contributed by atoms with van der Waals surface area (Å²) in [5.41, 5.74) is 7.08. The summed E-state index contributed by atoms with van der Waals surface area (Å²) in [5, 5.41) is 10.7. The third-order valence-electron chi connectivity index (χ3n) is 12.2. The number of piperazine rings is 3. The first-order valence-electron chi connectivity index (χ1n) is 23.1. The van der Waals surface area contributed by atoms with E-state index in [-0.39, 0.29) is 11.6 Å². The fourth-order valence-electron chi connectivity index (χ4n) is 8.77. The molecule has 12 nitrogen and oxygen atoms in total. The molecule has 0 aromatic heterocycles. The van der Waals surface area contributed by atoms with E-state index in [0.717, 1.165) is 136 Å². The van der Waals surface area contributed by atoms with Crippen molar-refractivity contribution in [2.45, 2.75) is 13.8 Å². The number of nitrogens with one attached hydrogen (secondary N) is 3. The number of halogens is 3. The average molecular weight is 937 g/mol. The van der Waals surface area contributed by atoms with Crippen molar-refractivity contribution in [1.82, 2.24) is 30.7 Å². The molecule has 0 saturated carbocycles. The van der Waals surface area contributed by atoms with Crippen molar-refractivity contribution in [3.63, 3.8) is 0 Å². The van der Waals surface area contributed by atoms with Gasteiger partial charge in [-0.1, -0.05) is 35.9 Å². The Bertz CT molecular complexity index is 2790. The first-order chi connectivity index (χ1) is 33.2. The molecule has 6 aromatic carbocycles. The Labute approximate surface area is 399 Å². The minimum absolute atomic E-state index is 0.280. The summed E-state index contributed by atoms with van der Waals surface area (Å²) >= 11 is 6.23. The maximum Gasteiger partial charge on any atom is 0.153 e. The summed E-state index contributed by atoms with van der Waals surface area (Å²) in [7, 11) is 0. The summed E-state index contributed by atoms with van der Waals surface area (Å²) in [6.45, 7) is 14.8. The predicted octanol–water partition coefficient (Wildman–Crippen LogP) is 9.88. The third-order valence-corrected chi connectivity index (χ3v) is 12.5. The molecule has 0 radical (unpaired) electrons. The fourth-order valence-corrected chi connectivity index (χ4v) is 8.94. The Hall–Kier alpha value is -6.84. The summed E-state index contributed by atoms with van der Waals surface area (Å²) in [6.07, 6.45) is 0. The Kier molecular flexibility index (Phi) is 13.3. The zero-order chi connectivity index (χ0) is 46.6. The van der Waals surface area contributed by atoms with Crippen LogP contribution in [-0.4, -0.2) is 111 Å². The molecule has 12 rings (SSSR count). The lowest BCUT2D eigenvalue weighted by molar-refractivity contribution is 0.357. The highest BCUT2D eigenvalue weighted by Crippen LogP contribution is 2.42. The highest BCUT2D eigenvalue weighted by atomic mass is 35.5. The van der Waals surface area contributed by atoms with E-state index < -0.39 is 0 Å². The molecule has 3 fully saturated rings. The number of fused-ring (bicyclic) bond motifs is 6. The van der Waals surface area contributed by atoms with E-state index in [0.29, 0.717) is 39.1 Å². The van der Waals surface area contributed by atoms with Gasteiger partial charge in [-0.05, 0) is 116 Å². The molecule has 3 saturated heterocycles. The van der Waals surface area contributed by atoms with Crippen LogP contribution in [-0.2, 0) is 0 Å². The van der Waals surface area contributed by atoms with E-state index in [4.69, 9.17) is 40.8 Å². The summed E-state index contributed by atoms with van der Waals surface area (Å²) in [5.74, 6) is 6.20. The number of aliphatic imine (C=N–C) groups is 3. The number of hydrogen-bond donors (Lipinski definition) is 3. The maximum atomic E-state index is 13.8. The van der Waals surface area contributed by atoms with Gasteiger partial charge in [0.1, 0.15) is 63.5 Å². The normalized spacial score (nSPS) is 16.8. The van der Waals surface area contributed by atoms with Crippen molar-refractivity contribution in [1.29, 1.82) is 0 Å². The second kappa shape index (κ2) is 20.2. The number of para-hydroxylation sites is 2. The van der Waals surface area contributed by atoms with Gasteiger partial charge in [0.05, 0.1) is 16.7 Å². The van der Waals surface area contributed by atoms with E-state index in [9.17, 15) is 8.78 Å². The van der Waals surface area contributed by atoms with Crippen LogP contribution in [0.2, 0.25) is 5.02 Å². The monoisotopic (exact) mass is 935 g/mol. The van der Waals surface area contributed by atoms with Crippen LogP contribution in [0.1, 0.15) is 27.8 Å². The van der Waals surface area contributed by atoms with Gasteiger partial charge in [-0.25, -0.2) is 23.8 Å². The summed E-state index contributed by atoms with van der Waals surface area (Å²) in [6, 6.07) is 34.6. The SMILES string of the molecule is Cc1ccc2c(c1)N=C(N1CCNCC1)c1cc(Cl)ccc1O2.Cc1ccc2c(c1)N=C(N1CCNCC1)c1cc(F)ccc1O2.Fc1ccc2c(c1)C(N1CCNCC1)=Nc1ccccc1O2. The van der Waals surface area contributed by atoms with Crippen LogP contribution in [0.15, 0.2) is 130 Å². The summed E-state index contributed by atoms with van der Waals surface area (Å²) < 4.78 is 45.7. The molecule has 6 heterocycles. The predicted molar refractivity (Wildman–Crippen MR) is 265 cm³/mol. The van der Waals surface area contributed by atoms with E-state index in [1.807, 2.05) is 79.7 Å². The molecule has 3 N–H and O–H groups in total. The largest absolute Gasteiger partial charge is 0.454 e. The third kappa shape index (κ3) is 10.0. The van der Waals surface area contributed by atoms with Gasteiger partial charge in [0, 0.05) is 83.6 Å². The van der Waals surface area contributed by atoms with Gasteiger partial charge in [-0.3, -0.25) is 0 Å². The molecular weight excluding hydrogens is 884 g/mol. The lowest BCUT2D eigenvalue weighted by Gasteiger charge is -2.30. The van der Waals surface area contributed by atoms with E-state index >= 15 is 0 Å². The van der Waals surface area contributed by atoms with Gasteiger partial charge in [-0.2, -0.15) is 0 Å². The van der Waals surface area contributed by atoms with Gasteiger partial charge >= 0.3 is 0 Å². The number of amidine groups is 3. The molecular formula is C53H52ClF2N9O3. The number of aryl methyl sites for hydroxylation is 2. The maximum absolute atomic E-state index is 13.8.